The first-order chi connectivity index (χ1) is 10.8. The summed E-state index contributed by atoms with van der Waals surface area (Å²) in [5, 5.41) is 4.41. The van der Waals surface area contributed by atoms with E-state index >= 15 is 0 Å². The number of hydrogen-bond donors (Lipinski definition) is 0. The molecule has 0 radical (unpaired) electrons. The van der Waals surface area contributed by atoms with E-state index in [1.165, 1.54) is 0 Å². The van der Waals surface area contributed by atoms with Crippen LogP contribution in [-0.4, -0.2) is 19.7 Å². The Morgan fingerprint density at radius 1 is 0.909 bits per heavy atom. The van der Waals surface area contributed by atoms with Crippen molar-refractivity contribution in [2.75, 3.05) is 0 Å². The number of halogens is 1. The van der Waals surface area contributed by atoms with Gasteiger partial charge in [-0.1, -0.05) is 34.1 Å². The molecule has 2 heterocycles. The van der Waals surface area contributed by atoms with Crippen molar-refractivity contribution in [2.45, 2.75) is 0 Å². The van der Waals surface area contributed by atoms with Gasteiger partial charge in [0.1, 0.15) is 0 Å². The zero-order valence-corrected chi connectivity index (χ0v) is 13.1. The van der Waals surface area contributed by atoms with Gasteiger partial charge in [0.25, 0.3) is 0 Å². The normalized spacial score (nSPS) is 11.0. The summed E-state index contributed by atoms with van der Waals surface area (Å²) in [7, 11) is 0. The lowest BCUT2D eigenvalue weighted by atomic mass is 10.2. The zero-order valence-electron chi connectivity index (χ0n) is 11.5. The molecule has 4 nitrogen and oxygen atoms in total. The molecule has 0 fully saturated rings. The van der Waals surface area contributed by atoms with Crippen molar-refractivity contribution in [3.63, 3.8) is 0 Å². The molecule has 0 atom stereocenters. The highest BCUT2D eigenvalue weighted by molar-refractivity contribution is 9.10. The molecule has 5 heteroatoms. The quantitative estimate of drug-likeness (QED) is 0.542. The molecule has 2 aromatic heterocycles. The van der Waals surface area contributed by atoms with Gasteiger partial charge >= 0.3 is 0 Å². The molecule has 22 heavy (non-hydrogen) atoms. The van der Waals surface area contributed by atoms with Crippen molar-refractivity contribution in [3.8, 4) is 16.9 Å². The number of hydrogen-bond acceptors (Lipinski definition) is 3. The van der Waals surface area contributed by atoms with Crippen LogP contribution in [0, 0.1) is 0 Å². The van der Waals surface area contributed by atoms with Crippen LogP contribution in [0.5, 0.6) is 0 Å². The molecule has 4 rings (SSSR count). The third-order valence-electron chi connectivity index (χ3n) is 3.40. The van der Waals surface area contributed by atoms with Crippen molar-refractivity contribution < 1.29 is 0 Å². The van der Waals surface area contributed by atoms with E-state index in [1.807, 2.05) is 59.4 Å². The summed E-state index contributed by atoms with van der Waals surface area (Å²) in [5.41, 5.74) is 4.54. The van der Waals surface area contributed by atoms with Gasteiger partial charge in [0, 0.05) is 16.2 Å². The van der Waals surface area contributed by atoms with Crippen LogP contribution in [0.15, 0.2) is 71.6 Å². The Hall–Kier alpha value is -2.53. The van der Waals surface area contributed by atoms with E-state index in [2.05, 4.69) is 31.0 Å². The molecule has 0 aliphatic heterocycles. The van der Waals surface area contributed by atoms with Gasteiger partial charge in [-0.3, -0.25) is 4.98 Å². The predicted octanol–water partition coefficient (Wildman–Crippen LogP) is 4.25. The van der Waals surface area contributed by atoms with Crippen molar-refractivity contribution in [1.29, 1.82) is 0 Å². The smallest absolute Gasteiger partial charge is 0.0924 e. The van der Waals surface area contributed by atoms with Gasteiger partial charge in [-0.05, 0) is 30.3 Å². The van der Waals surface area contributed by atoms with Crippen LogP contribution in [0.3, 0.4) is 0 Å². The van der Waals surface area contributed by atoms with Crippen LogP contribution < -0.4 is 0 Å². The molecule has 0 saturated heterocycles. The van der Waals surface area contributed by atoms with E-state index in [0.29, 0.717) is 0 Å². The Labute approximate surface area is 135 Å². The first-order valence-corrected chi connectivity index (χ1v) is 7.62. The summed E-state index contributed by atoms with van der Waals surface area (Å²) in [6.07, 6.45) is 5.55. The van der Waals surface area contributed by atoms with Gasteiger partial charge in [-0.2, -0.15) is 5.10 Å². The zero-order chi connectivity index (χ0) is 14.9. The third-order valence-corrected chi connectivity index (χ3v) is 3.89. The second-order valence-electron chi connectivity index (χ2n) is 4.90. The Morgan fingerprint density at radius 2 is 1.77 bits per heavy atom. The van der Waals surface area contributed by atoms with Gasteiger partial charge in [-0.25, -0.2) is 9.67 Å². The van der Waals surface area contributed by atoms with Crippen LogP contribution in [0.2, 0.25) is 0 Å². The fraction of sp³-hybridized carbons (Fsp3) is 0. The number of rotatable bonds is 2. The minimum absolute atomic E-state index is 0.819. The molecule has 0 aliphatic rings. The lowest BCUT2D eigenvalue weighted by Gasteiger charge is -2.01. The summed E-state index contributed by atoms with van der Waals surface area (Å²) in [5.74, 6) is 0. The molecule has 0 bridgehead atoms. The number of para-hydroxylation sites is 2. The van der Waals surface area contributed by atoms with Crippen LogP contribution in [0.4, 0.5) is 0 Å². The standard InChI is InChI=1S/C17H11BrN4/c18-13-4-3-5-14(8-13)22-11-12(9-20-22)17-10-19-15-6-1-2-7-16(15)21-17/h1-11H. The fourth-order valence-corrected chi connectivity index (χ4v) is 2.70. The van der Waals surface area contributed by atoms with Gasteiger partial charge in [0.05, 0.1) is 34.8 Å². The first-order valence-electron chi connectivity index (χ1n) is 6.82. The molecular formula is C17H11BrN4. The van der Waals surface area contributed by atoms with Crippen molar-refractivity contribution in [1.82, 2.24) is 19.7 Å². The minimum atomic E-state index is 0.819. The van der Waals surface area contributed by atoms with Crippen LogP contribution in [-0.2, 0) is 0 Å². The monoisotopic (exact) mass is 350 g/mol. The lowest BCUT2D eigenvalue weighted by molar-refractivity contribution is 0.880. The molecule has 0 amide bonds. The second kappa shape index (κ2) is 5.35. The maximum absolute atomic E-state index is 4.64. The van der Waals surface area contributed by atoms with E-state index in [1.54, 1.807) is 12.4 Å². The average Bonchev–Trinajstić information content (AvgIpc) is 3.04. The third kappa shape index (κ3) is 2.40. The highest BCUT2D eigenvalue weighted by atomic mass is 79.9. The van der Waals surface area contributed by atoms with Crippen LogP contribution in [0.1, 0.15) is 0 Å². The number of fused-ring (bicyclic) bond motifs is 1. The molecule has 0 N–H and O–H groups in total. The van der Waals surface area contributed by atoms with E-state index in [4.69, 9.17) is 0 Å². The molecule has 0 saturated carbocycles. The fourth-order valence-electron chi connectivity index (χ4n) is 2.31. The summed E-state index contributed by atoms with van der Waals surface area (Å²) in [6.45, 7) is 0. The second-order valence-corrected chi connectivity index (χ2v) is 5.81. The average molecular weight is 351 g/mol. The summed E-state index contributed by atoms with van der Waals surface area (Å²) >= 11 is 3.47. The van der Waals surface area contributed by atoms with Crippen molar-refractivity contribution in [2.24, 2.45) is 0 Å². The largest absolute Gasteiger partial charge is 0.252 e. The van der Waals surface area contributed by atoms with E-state index in [-0.39, 0.29) is 0 Å². The molecule has 106 valence electrons. The topological polar surface area (TPSA) is 43.6 Å². The summed E-state index contributed by atoms with van der Waals surface area (Å²) < 4.78 is 2.85. The number of nitrogens with zero attached hydrogens (tertiary/aromatic N) is 4. The van der Waals surface area contributed by atoms with Gasteiger partial charge in [0.15, 0.2) is 0 Å². The van der Waals surface area contributed by atoms with Gasteiger partial charge < -0.3 is 0 Å². The van der Waals surface area contributed by atoms with Crippen molar-refractivity contribution >= 4 is 27.0 Å². The van der Waals surface area contributed by atoms with E-state index in [0.717, 1.165) is 32.5 Å². The Balaban J connectivity index is 1.76. The molecular weight excluding hydrogens is 340 g/mol. The van der Waals surface area contributed by atoms with E-state index in [9.17, 15) is 0 Å². The number of aromatic nitrogens is 4. The summed E-state index contributed by atoms with van der Waals surface area (Å²) in [6, 6.07) is 15.8. The highest BCUT2D eigenvalue weighted by Gasteiger charge is 2.06. The maximum Gasteiger partial charge on any atom is 0.0924 e. The van der Waals surface area contributed by atoms with Gasteiger partial charge in [0.2, 0.25) is 0 Å². The number of benzene rings is 2. The van der Waals surface area contributed by atoms with Gasteiger partial charge in [-0.15, -0.1) is 0 Å². The summed E-state index contributed by atoms with van der Waals surface area (Å²) in [4.78, 5) is 9.09. The maximum atomic E-state index is 4.64. The Bertz CT molecular complexity index is 961. The van der Waals surface area contributed by atoms with Crippen molar-refractivity contribution in [3.05, 3.63) is 71.6 Å². The SMILES string of the molecule is Brc1cccc(-n2cc(-c3cnc4ccccc4n3)cn2)c1. The predicted molar refractivity (Wildman–Crippen MR) is 89.8 cm³/mol. The molecule has 0 unspecified atom stereocenters. The van der Waals surface area contributed by atoms with Crippen LogP contribution >= 0.6 is 15.9 Å². The molecule has 0 aliphatic carbocycles. The molecule has 0 spiro atoms. The van der Waals surface area contributed by atoms with Crippen LogP contribution in [0.25, 0.3) is 28.0 Å². The first kappa shape index (κ1) is 13.2. The lowest BCUT2D eigenvalue weighted by Crippen LogP contribution is -1.93. The molecule has 2 aromatic carbocycles. The Morgan fingerprint density at radius 3 is 2.64 bits per heavy atom. The minimum Gasteiger partial charge on any atom is -0.252 e. The molecule has 4 aromatic rings. The highest BCUT2D eigenvalue weighted by Crippen LogP contribution is 2.21. The Kier molecular flexibility index (Phi) is 3.20. The van der Waals surface area contributed by atoms with E-state index < -0.39 is 0 Å².